The van der Waals surface area contributed by atoms with Crippen LogP contribution in [0.3, 0.4) is 0 Å². The van der Waals surface area contributed by atoms with Crippen molar-refractivity contribution in [3.05, 3.63) is 65.7 Å². The molecule has 1 saturated heterocycles. The highest BCUT2D eigenvalue weighted by Gasteiger charge is 2.23. The minimum absolute atomic E-state index is 0.270. The monoisotopic (exact) mass is 313 g/mol. The van der Waals surface area contributed by atoms with Gasteiger partial charge in [0.1, 0.15) is 17.3 Å². The van der Waals surface area contributed by atoms with Gasteiger partial charge in [0.05, 0.1) is 31.7 Å². The van der Waals surface area contributed by atoms with Crippen LogP contribution in [0.2, 0.25) is 0 Å². The zero-order valence-corrected chi connectivity index (χ0v) is 13.4. The Morgan fingerprint density at radius 2 is 1.64 bits per heavy atom. The minimum atomic E-state index is 0.270. The van der Waals surface area contributed by atoms with E-state index in [1.54, 1.807) is 11.0 Å². The van der Waals surface area contributed by atoms with Gasteiger partial charge in [-0.1, -0.05) is 54.7 Å². The van der Waals surface area contributed by atoms with E-state index in [2.05, 4.69) is 35.2 Å². The number of thiocarbonyl (C=S) groups is 1. The quantitative estimate of drug-likeness (QED) is 0.841. The molecule has 0 amide bonds. The van der Waals surface area contributed by atoms with E-state index in [4.69, 9.17) is 12.2 Å². The number of benzene rings is 2. The first kappa shape index (κ1) is 15.0. The van der Waals surface area contributed by atoms with Crippen LogP contribution in [0.25, 0.3) is 0 Å². The van der Waals surface area contributed by atoms with Crippen LogP contribution in [0.15, 0.2) is 54.6 Å². The highest BCUT2D eigenvalue weighted by Crippen LogP contribution is 2.18. The van der Waals surface area contributed by atoms with Gasteiger partial charge in [-0.3, -0.25) is 0 Å². The van der Waals surface area contributed by atoms with Crippen LogP contribution in [-0.4, -0.2) is 41.2 Å². The summed E-state index contributed by atoms with van der Waals surface area (Å²) >= 11 is 5.55. The first-order valence-corrected chi connectivity index (χ1v) is 8.09. The molecule has 3 nitrogen and oxygen atoms in total. The van der Waals surface area contributed by atoms with Crippen molar-refractivity contribution in [3.8, 4) is 5.75 Å². The summed E-state index contributed by atoms with van der Waals surface area (Å²) < 4.78 is 0. The Bertz CT molecular complexity index is 637. The summed E-state index contributed by atoms with van der Waals surface area (Å²) in [5.74, 6) is 0.270. The second-order valence-electron chi connectivity index (χ2n) is 5.72. The number of nitrogens with zero attached hydrogens (tertiary/aromatic N) is 1. The highest BCUT2D eigenvalue weighted by atomic mass is 32.1. The van der Waals surface area contributed by atoms with E-state index in [1.165, 1.54) is 5.56 Å². The molecule has 0 saturated carbocycles. The molecule has 0 bridgehead atoms. The number of nitrogens with one attached hydrogen (secondary N) is 1. The van der Waals surface area contributed by atoms with E-state index in [0.717, 1.165) is 43.3 Å². The van der Waals surface area contributed by atoms with Gasteiger partial charge in [0.25, 0.3) is 0 Å². The number of aromatic hydroxyl groups is 1. The second kappa shape index (κ2) is 6.90. The van der Waals surface area contributed by atoms with E-state index in [9.17, 15) is 5.11 Å². The maximum absolute atomic E-state index is 9.94. The fraction of sp³-hybridized carbons (Fsp3) is 0.278. The van der Waals surface area contributed by atoms with Crippen LogP contribution in [0.4, 0.5) is 0 Å². The lowest BCUT2D eigenvalue weighted by Gasteiger charge is -2.34. The van der Waals surface area contributed by atoms with Crippen molar-refractivity contribution in [2.75, 3.05) is 26.2 Å². The number of phenols is 1. The van der Waals surface area contributed by atoms with Gasteiger partial charge in [0.2, 0.25) is 0 Å². The number of hydrogen-bond donors (Lipinski definition) is 2. The van der Waals surface area contributed by atoms with E-state index < -0.39 is 0 Å². The van der Waals surface area contributed by atoms with Gasteiger partial charge in [0.15, 0.2) is 0 Å². The molecular formula is C18H21N2OS+. The predicted molar refractivity (Wildman–Crippen MR) is 92.2 cm³/mol. The Labute approximate surface area is 136 Å². The molecule has 0 radical (unpaired) electrons. The van der Waals surface area contributed by atoms with Crippen LogP contribution in [0.1, 0.15) is 11.1 Å². The third kappa shape index (κ3) is 3.46. The fourth-order valence-corrected chi connectivity index (χ4v) is 3.27. The van der Waals surface area contributed by atoms with Crippen molar-refractivity contribution in [2.24, 2.45) is 0 Å². The van der Waals surface area contributed by atoms with Crippen molar-refractivity contribution in [3.63, 3.8) is 0 Å². The largest absolute Gasteiger partial charge is 0.507 e. The van der Waals surface area contributed by atoms with Crippen molar-refractivity contribution in [2.45, 2.75) is 6.54 Å². The topological polar surface area (TPSA) is 27.9 Å². The van der Waals surface area contributed by atoms with Crippen LogP contribution in [0.5, 0.6) is 5.75 Å². The van der Waals surface area contributed by atoms with Gasteiger partial charge in [-0.25, -0.2) is 0 Å². The minimum Gasteiger partial charge on any atom is -0.507 e. The van der Waals surface area contributed by atoms with Gasteiger partial charge in [0, 0.05) is 5.56 Å². The summed E-state index contributed by atoms with van der Waals surface area (Å²) in [5.41, 5.74) is 2.15. The number of hydrogen-bond acceptors (Lipinski definition) is 2. The van der Waals surface area contributed by atoms with Crippen molar-refractivity contribution in [1.29, 1.82) is 0 Å². The molecule has 3 rings (SSSR count). The number of quaternary nitrogens is 1. The fourth-order valence-electron chi connectivity index (χ4n) is 2.91. The summed E-state index contributed by atoms with van der Waals surface area (Å²) in [6.07, 6.45) is 0. The molecule has 0 aliphatic carbocycles. The van der Waals surface area contributed by atoms with Crippen molar-refractivity contribution < 1.29 is 10.0 Å². The van der Waals surface area contributed by atoms with Crippen LogP contribution in [0, 0.1) is 0 Å². The second-order valence-corrected chi connectivity index (χ2v) is 6.11. The molecule has 1 fully saturated rings. The lowest BCUT2D eigenvalue weighted by molar-refractivity contribution is -0.917. The van der Waals surface area contributed by atoms with E-state index in [1.807, 2.05) is 18.2 Å². The molecule has 0 spiro atoms. The smallest absolute Gasteiger partial charge is 0.125 e. The molecule has 0 aromatic heterocycles. The van der Waals surface area contributed by atoms with Gasteiger partial charge in [-0.2, -0.15) is 0 Å². The Hall–Kier alpha value is -1.91. The van der Waals surface area contributed by atoms with Gasteiger partial charge < -0.3 is 14.9 Å². The Morgan fingerprint density at radius 3 is 2.32 bits per heavy atom. The maximum atomic E-state index is 9.94. The van der Waals surface area contributed by atoms with Crippen molar-refractivity contribution >= 4 is 17.2 Å². The lowest BCUT2D eigenvalue weighted by Crippen LogP contribution is -3.13. The number of para-hydroxylation sites is 1. The third-order valence-electron chi connectivity index (χ3n) is 4.19. The number of phenolic OH excluding ortho intramolecular Hbond substituents is 1. The molecule has 0 atom stereocenters. The lowest BCUT2D eigenvalue weighted by atomic mass is 10.1. The van der Waals surface area contributed by atoms with Gasteiger partial charge in [-0.05, 0) is 12.1 Å². The molecule has 2 aromatic rings. The van der Waals surface area contributed by atoms with Crippen LogP contribution in [-0.2, 0) is 6.54 Å². The Morgan fingerprint density at radius 1 is 1.00 bits per heavy atom. The molecular weight excluding hydrogens is 292 g/mol. The van der Waals surface area contributed by atoms with Crippen LogP contribution < -0.4 is 4.90 Å². The first-order valence-electron chi connectivity index (χ1n) is 7.69. The first-order chi connectivity index (χ1) is 10.7. The third-order valence-corrected chi connectivity index (χ3v) is 4.67. The van der Waals surface area contributed by atoms with E-state index >= 15 is 0 Å². The molecule has 22 heavy (non-hydrogen) atoms. The van der Waals surface area contributed by atoms with E-state index in [-0.39, 0.29) is 5.75 Å². The summed E-state index contributed by atoms with van der Waals surface area (Å²) in [6.45, 7) is 5.09. The number of rotatable bonds is 3. The average molecular weight is 313 g/mol. The van der Waals surface area contributed by atoms with Crippen molar-refractivity contribution in [1.82, 2.24) is 4.90 Å². The average Bonchev–Trinajstić information content (AvgIpc) is 2.56. The predicted octanol–water partition coefficient (Wildman–Crippen LogP) is 1.47. The Kier molecular flexibility index (Phi) is 4.71. The molecule has 114 valence electrons. The molecule has 1 heterocycles. The van der Waals surface area contributed by atoms with Gasteiger partial charge >= 0.3 is 0 Å². The standard InChI is InChI=1S/C18H20N2OS/c21-17-9-5-4-8-16(17)18(22)20-12-10-19(11-13-20)14-15-6-2-1-3-7-15/h1-9,21H,10-14H2/p+1. The normalized spacial score (nSPS) is 15.7. The zero-order chi connectivity index (χ0) is 15.4. The number of piperazine rings is 1. The summed E-state index contributed by atoms with van der Waals surface area (Å²) in [5, 5.41) is 9.94. The summed E-state index contributed by atoms with van der Waals surface area (Å²) in [6, 6.07) is 17.9. The Balaban J connectivity index is 1.58. The molecule has 0 unspecified atom stereocenters. The van der Waals surface area contributed by atoms with E-state index in [0.29, 0.717) is 0 Å². The molecule has 2 aromatic carbocycles. The molecule has 4 heteroatoms. The summed E-state index contributed by atoms with van der Waals surface area (Å²) in [4.78, 5) is 4.55. The van der Waals surface area contributed by atoms with Crippen LogP contribution >= 0.6 is 12.2 Å². The SMILES string of the molecule is Oc1ccccc1C(=S)N1CC[NH+](Cc2ccccc2)CC1. The maximum Gasteiger partial charge on any atom is 0.125 e. The molecule has 1 aliphatic heterocycles. The highest BCUT2D eigenvalue weighted by molar-refractivity contribution is 7.80. The zero-order valence-electron chi connectivity index (χ0n) is 12.5. The summed E-state index contributed by atoms with van der Waals surface area (Å²) in [7, 11) is 0. The molecule has 1 aliphatic rings. The van der Waals surface area contributed by atoms with Gasteiger partial charge in [-0.15, -0.1) is 0 Å². The molecule has 2 N–H and O–H groups in total.